The van der Waals surface area contributed by atoms with Crippen molar-refractivity contribution in [3.8, 4) is 0 Å². The van der Waals surface area contributed by atoms with E-state index in [1.807, 2.05) is 11.8 Å². The topological polar surface area (TPSA) is 34.1 Å². The van der Waals surface area contributed by atoms with E-state index >= 15 is 0 Å². The Kier molecular flexibility index (Phi) is 4.78. The molecule has 0 aromatic carbocycles. The Morgan fingerprint density at radius 2 is 2.07 bits per heavy atom. The second-order valence-corrected chi connectivity index (χ2v) is 8.95. The average Bonchev–Trinajstić information content (AvgIpc) is 2.47. The Balaban J connectivity index is 2.40. The fraction of sp³-hybridized carbons (Fsp3) is 1.00. The van der Waals surface area contributed by atoms with E-state index in [9.17, 15) is 8.42 Å². The number of thioether (sulfide) groups is 1. The van der Waals surface area contributed by atoms with Gasteiger partial charge in [-0.1, -0.05) is 15.9 Å². The first-order valence-corrected chi connectivity index (χ1v) is 8.65. The van der Waals surface area contributed by atoms with E-state index in [2.05, 4.69) is 15.9 Å². The van der Waals surface area contributed by atoms with Crippen molar-refractivity contribution in [1.82, 2.24) is 0 Å². The Labute approximate surface area is 99.3 Å². The summed E-state index contributed by atoms with van der Waals surface area (Å²) in [4.78, 5) is 0.509. The van der Waals surface area contributed by atoms with Crippen LogP contribution in [0, 0.1) is 5.92 Å². The first-order chi connectivity index (χ1) is 6.43. The van der Waals surface area contributed by atoms with Crippen LogP contribution in [0.15, 0.2) is 0 Å². The molecule has 0 aromatic rings. The number of hydrogen-bond donors (Lipinski definition) is 0. The van der Waals surface area contributed by atoms with Crippen LogP contribution in [-0.2, 0) is 9.84 Å². The first-order valence-electron chi connectivity index (χ1n) is 4.87. The lowest BCUT2D eigenvalue weighted by molar-refractivity contribution is 0.559. The van der Waals surface area contributed by atoms with Gasteiger partial charge in [-0.3, -0.25) is 0 Å². The third kappa shape index (κ3) is 3.42. The molecule has 0 aromatic heterocycles. The van der Waals surface area contributed by atoms with E-state index in [1.54, 1.807) is 13.8 Å². The normalized spacial score (nSPS) is 28.6. The van der Waals surface area contributed by atoms with E-state index in [1.165, 1.54) is 0 Å². The minimum atomic E-state index is -2.84. The maximum Gasteiger partial charge on any atom is 0.152 e. The van der Waals surface area contributed by atoms with Crippen molar-refractivity contribution in [2.75, 3.05) is 17.3 Å². The minimum Gasteiger partial charge on any atom is -0.229 e. The Hall–Kier alpha value is 0.780. The highest BCUT2D eigenvalue weighted by Crippen LogP contribution is 2.32. The summed E-state index contributed by atoms with van der Waals surface area (Å²) in [5, 5.41) is -0.231. The van der Waals surface area contributed by atoms with E-state index in [0.717, 1.165) is 17.9 Å². The van der Waals surface area contributed by atoms with Crippen LogP contribution in [-0.4, -0.2) is 35.8 Å². The van der Waals surface area contributed by atoms with Gasteiger partial charge in [-0.2, -0.15) is 11.8 Å². The molecular formula is C9H17BrO2S2. The minimum absolute atomic E-state index is 0.231. The van der Waals surface area contributed by atoms with Gasteiger partial charge in [0.15, 0.2) is 9.84 Å². The van der Waals surface area contributed by atoms with Gasteiger partial charge in [0.2, 0.25) is 0 Å². The summed E-state index contributed by atoms with van der Waals surface area (Å²) in [6.45, 7) is 3.51. The van der Waals surface area contributed by atoms with Crippen LogP contribution in [0.25, 0.3) is 0 Å². The molecule has 0 spiro atoms. The van der Waals surface area contributed by atoms with Crippen LogP contribution >= 0.6 is 27.7 Å². The molecule has 2 unspecified atom stereocenters. The zero-order valence-corrected chi connectivity index (χ0v) is 11.8. The van der Waals surface area contributed by atoms with Gasteiger partial charge in [-0.25, -0.2) is 8.42 Å². The first kappa shape index (κ1) is 12.8. The molecular weight excluding hydrogens is 284 g/mol. The lowest BCUT2D eigenvalue weighted by Gasteiger charge is -2.14. The molecule has 0 amide bonds. The molecule has 5 heteroatoms. The van der Waals surface area contributed by atoms with Crippen LogP contribution in [0.2, 0.25) is 0 Å². The monoisotopic (exact) mass is 300 g/mol. The second-order valence-electron chi connectivity index (χ2n) is 4.02. The standard InChI is InChI=1S/C9H17BrO2S2/c1-7(2)14(11,12)4-3-8-5-13-6-9(8)10/h7-9H,3-6H2,1-2H3. The summed E-state index contributed by atoms with van der Waals surface area (Å²) in [7, 11) is -2.84. The predicted octanol–water partition coefficient (Wildman–Crippen LogP) is 2.33. The van der Waals surface area contributed by atoms with Gasteiger partial charge in [-0.15, -0.1) is 0 Å². The van der Waals surface area contributed by atoms with Crippen LogP contribution in [0.1, 0.15) is 20.3 Å². The summed E-state index contributed by atoms with van der Waals surface area (Å²) < 4.78 is 23.1. The Morgan fingerprint density at radius 1 is 1.43 bits per heavy atom. The third-order valence-corrected chi connectivity index (χ3v) is 7.61. The van der Waals surface area contributed by atoms with Crippen molar-refractivity contribution in [3.63, 3.8) is 0 Å². The third-order valence-electron chi connectivity index (χ3n) is 2.61. The van der Waals surface area contributed by atoms with Gasteiger partial charge in [0.1, 0.15) is 0 Å². The highest BCUT2D eigenvalue weighted by molar-refractivity contribution is 9.09. The number of rotatable bonds is 4. The molecule has 0 radical (unpaired) electrons. The zero-order valence-electron chi connectivity index (χ0n) is 8.57. The summed E-state index contributed by atoms with van der Waals surface area (Å²) in [5.74, 6) is 3.10. The largest absolute Gasteiger partial charge is 0.229 e. The van der Waals surface area contributed by atoms with E-state index in [4.69, 9.17) is 0 Å². The molecule has 2 atom stereocenters. The molecule has 1 saturated heterocycles. The van der Waals surface area contributed by atoms with Crippen molar-refractivity contribution in [1.29, 1.82) is 0 Å². The molecule has 0 saturated carbocycles. The van der Waals surface area contributed by atoms with E-state index in [-0.39, 0.29) is 5.25 Å². The van der Waals surface area contributed by atoms with Crippen LogP contribution < -0.4 is 0 Å². The lowest BCUT2D eigenvalue weighted by atomic mass is 10.1. The SMILES string of the molecule is CC(C)S(=O)(=O)CCC1CSCC1Br. The van der Waals surface area contributed by atoms with E-state index in [0.29, 0.717) is 16.5 Å². The average molecular weight is 301 g/mol. The summed E-state index contributed by atoms with van der Waals surface area (Å²) in [5.41, 5.74) is 0. The van der Waals surface area contributed by atoms with Crippen LogP contribution in [0.3, 0.4) is 0 Å². The molecule has 0 bridgehead atoms. The molecule has 1 aliphatic rings. The van der Waals surface area contributed by atoms with Gasteiger partial charge < -0.3 is 0 Å². The quantitative estimate of drug-likeness (QED) is 0.747. The maximum atomic E-state index is 11.6. The van der Waals surface area contributed by atoms with Gasteiger partial charge >= 0.3 is 0 Å². The fourth-order valence-corrected chi connectivity index (χ4v) is 5.09. The summed E-state index contributed by atoms with van der Waals surface area (Å²) in [6.07, 6.45) is 0.809. The second kappa shape index (κ2) is 5.21. The van der Waals surface area contributed by atoms with Crippen molar-refractivity contribution >= 4 is 37.5 Å². The Morgan fingerprint density at radius 3 is 2.50 bits per heavy atom. The molecule has 2 nitrogen and oxygen atoms in total. The summed E-state index contributed by atoms with van der Waals surface area (Å²) in [6, 6.07) is 0. The van der Waals surface area contributed by atoms with Crippen molar-refractivity contribution in [3.05, 3.63) is 0 Å². The predicted molar refractivity (Wildman–Crippen MR) is 67.1 cm³/mol. The Bertz CT molecular complexity index is 275. The van der Waals surface area contributed by atoms with Crippen molar-refractivity contribution in [2.24, 2.45) is 5.92 Å². The highest BCUT2D eigenvalue weighted by Gasteiger charge is 2.27. The molecule has 1 rings (SSSR count). The summed E-state index contributed by atoms with van der Waals surface area (Å²) >= 11 is 5.50. The molecule has 1 fully saturated rings. The van der Waals surface area contributed by atoms with Crippen molar-refractivity contribution in [2.45, 2.75) is 30.3 Å². The zero-order chi connectivity index (χ0) is 10.8. The number of alkyl halides is 1. The molecule has 1 aliphatic heterocycles. The van der Waals surface area contributed by atoms with Crippen LogP contribution in [0.5, 0.6) is 0 Å². The molecule has 84 valence electrons. The smallest absolute Gasteiger partial charge is 0.152 e. The number of halogens is 1. The maximum absolute atomic E-state index is 11.6. The molecule has 0 N–H and O–H groups in total. The number of sulfone groups is 1. The molecule has 14 heavy (non-hydrogen) atoms. The molecule has 0 aliphatic carbocycles. The lowest BCUT2D eigenvalue weighted by Crippen LogP contribution is -2.22. The van der Waals surface area contributed by atoms with E-state index < -0.39 is 9.84 Å². The fourth-order valence-electron chi connectivity index (χ4n) is 1.39. The van der Waals surface area contributed by atoms with Gasteiger partial charge in [0.05, 0.1) is 11.0 Å². The van der Waals surface area contributed by atoms with Crippen molar-refractivity contribution < 1.29 is 8.42 Å². The van der Waals surface area contributed by atoms with Crippen LogP contribution in [0.4, 0.5) is 0 Å². The molecule has 1 heterocycles. The van der Waals surface area contributed by atoms with Gasteiger partial charge in [-0.05, 0) is 31.9 Å². The van der Waals surface area contributed by atoms with Gasteiger partial charge in [0.25, 0.3) is 0 Å². The number of hydrogen-bond acceptors (Lipinski definition) is 3. The highest BCUT2D eigenvalue weighted by atomic mass is 79.9. The van der Waals surface area contributed by atoms with Gasteiger partial charge in [0, 0.05) is 10.6 Å².